The van der Waals surface area contributed by atoms with E-state index in [1.54, 1.807) is 54.6 Å². The summed E-state index contributed by atoms with van der Waals surface area (Å²) < 4.78 is 72.5. The molecule has 1 aliphatic heterocycles. The van der Waals surface area contributed by atoms with Crippen molar-refractivity contribution >= 4 is 11.6 Å². The van der Waals surface area contributed by atoms with Gasteiger partial charge < -0.3 is 25.2 Å². The summed E-state index contributed by atoms with van der Waals surface area (Å²) in [5, 5.41) is 11.2. The van der Waals surface area contributed by atoms with Gasteiger partial charge in [0, 0.05) is 43.7 Å². The quantitative estimate of drug-likeness (QED) is 0.208. The van der Waals surface area contributed by atoms with Gasteiger partial charge in [-0.1, -0.05) is 66.7 Å². The van der Waals surface area contributed by atoms with Gasteiger partial charge in [-0.15, -0.1) is 0 Å². The van der Waals surface area contributed by atoms with Crippen LogP contribution in [0, 0.1) is 5.92 Å². The van der Waals surface area contributed by atoms with Crippen molar-refractivity contribution in [3.8, 4) is 17.4 Å². The predicted octanol–water partition coefficient (Wildman–Crippen LogP) is 6.01. The van der Waals surface area contributed by atoms with Crippen LogP contribution < -0.4 is 20.8 Å². The molecular formula is C36H36F4N4O5. The number of hydrogen-bond donors (Lipinski definition) is 2. The maximum atomic E-state index is 15.7. The number of anilines is 1. The summed E-state index contributed by atoms with van der Waals surface area (Å²) in [6.45, 7) is -1.95. The Morgan fingerprint density at radius 1 is 0.959 bits per heavy atom. The van der Waals surface area contributed by atoms with Crippen molar-refractivity contribution in [1.29, 1.82) is 0 Å². The summed E-state index contributed by atoms with van der Waals surface area (Å²) in [4.78, 5) is 31.7. The normalized spacial score (nSPS) is 23.1. The van der Waals surface area contributed by atoms with E-state index in [9.17, 15) is 23.5 Å². The van der Waals surface area contributed by atoms with Crippen molar-refractivity contribution in [3.05, 3.63) is 113 Å². The van der Waals surface area contributed by atoms with Crippen LogP contribution in [0.5, 0.6) is 17.4 Å². The molecule has 1 saturated carbocycles. The fourth-order valence-corrected chi connectivity index (χ4v) is 6.51. The third-order valence-electron chi connectivity index (χ3n) is 9.28. The number of hydrogen-bond acceptors (Lipinski definition) is 7. The summed E-state index contributed by atoms with van der Waals surface area (Å²) in [5.41, 5.74) is 3.43. The van der Waals surface area contributed by atoms with E-state index in [4.69, 9.17) is 15.2 Å². The molecule has 49 heavy (non-hydrogen) atoms. The fourth-order valence-electron chi connectivity index (χ4n) is 6.51. The zero-order valence-electron chi connectivity index (χ0n) is 26.5. The number of halogens is 4. The predicted molar refractivity (Wildman–Crippen MR) is 173 cm³/mol. The maximum Gasteiger partial charge on any atom is 0.295 e. The maximum absolute atomic E-state index is 15.7. The molecular weight excluding hydrogens is 644 g/mol. The number of benzene rings is 3. The monoisotopic (exact) mass is 680 g/mol. The molecule has 0 radical (unpaired) electrons. The van der Waals surface area contributed by atoms with Crippen molar-refractivity contribution < 1.29 is 36.9 Å². The number of ether oxygens (including phenoxy) is 2. The lowest BCUT2D eigenvalue weighted by Gasteiger charge is -2.46. The number of aliphatic hydroxyl groups is 1. The first-order valence-electron chi connectivity index (χ1n) is 16.0. The number of carbonyl (C=O) groups excluding carboxylic acids is 1. The van der Waals surface area contributed by atoms with Crippen LogP contribution in [-0.4, -0.2) is 56.0 Å². The Kier molecular flexibility index (Phi) is 9.39. The first-order chi connectivity index (χ1) is 23.3. The minimum atomic E-state index is -3.86. The van der Waals surface area contributed by atoms with E-state index in [-0.39, 0.29) is 24.6 Å². The Labute approximate surface area is 279 Å². The van der Waals surface area contributed by atoms with Crippen molar-refractivity contribution in [1.82, 2.24) is 14.5 Å². The van der Waals surface area contributed by atoms with Gasteiger partial charge in [-0.05, 0) is 29.7 Å². The van der Waals surface area contributed by atoms with Gasteiger partial charge in [0.05, 0.1) is 13.1 Å². The van der Waals surface area contributed by atoms with Crippen LogP contribution in [0.4, 0.5) is 23.2 Å². The Morgan fingerprint density at radius 2 is 1.65 bits per heavy atom. The van der Waals surface area contributed by atoms with Gasteiger partial charge in [0.1, 0.15) is 30.0 Å². The third kappa shape index (κ3) is 7.41. The highest BCUT2D eigenvalue weighted by atomic mass is 19.3. The minimum absolute atomic E-state index is 0.155. The Morgan fingerprint density at radius 3 is 2.37 bits per heavy atom. The average Bonchev–Trinajstić information content (AvgIpc) is 3.09. The zero-order valence-corrected chi connectivity index (χ0v) is 26.5. The van der Waals surface area contributed by atoms with Crippen LogP contribution in [0.2, 0.25) is 0 Å². The summed E-state index contributed by atoms with van der Waals surface area (Å²) in [5.74, 6) is -8.76. The number of piperidine rings is 1. The fraction of sp³-hybridized carbons (Fsp3) is 0.361. The highest BCUT2D eigenvalue weighted by molar-refractivity contribution is 5.80. The molecule has 1 aliphatic carbocycles. The highest BCUT2D eigenvalue weighted by Crippen LogP contribution is 2.47. The van der Waals surface area contributed by atoms with Crippen molar-refractivity contribution in [3.63, 3.8) is 0 Å². The molecule has 6 rings (SSSR count). The van der Waals surface area contributed by atoms with Crippen LogP contribution in [0.1, 0.15) is 42.7 Å². The molecule has 3 atom stereocenters. The van der Waals surface area contributed by atoms with Crippen molar-refractivity contribution in [2.45, 2.75) is 62.2 Å². The van der Waals surface area contributed by atoms with Gasteiger partial charge in [-0.3, -0.25) is 14.2 Å². The molecule has 1 unspecified atom stereocenters. The molecule has 3 aromatic carbocycles. The van der Waals surface area contributed by atoms with Crippen LogP contribution in [0.25, 0.3) is 0 Å². The average molecular weight is 681 g/mol. The molecule has 2 heterocycles. The van der Waals surface area contributed by atoms with Gasteiger partial charge in [-0.25, -0.2) is 22.5 Å². The van der Waals surface area contributed by atoms with Gasteiger partial charge in [0.2, 0.25) is 17.7 Å². The summed E-state index contributed by atoms with van der Waals surface area (Å²) in [6.07, 6.45) is -0.859. The number of likely N-dealkylation sites (tertiary alicyclic amines) is 1. The number of alkyl halides is 4. The van der Waals surface area contributed by atoms with Crippen LogP contribution >= 0.6 is 0 Å². The number of nitrogen functional groups attached to an aromatic ring is 1. The summed E-state index contributed by atoms with van der Waals surface area (Å²) >= 11 is 0. The first kappa shape index (κ1) is 34.0. The second-order valence-electron chi connectivity index (χ2n) is 12.7. The van der Waals surface area contributed by atoms with Gasteiger partial charge >= 0.3 is 0 Å². The Balaban J connectivity index is 1.13. The molecule has 4 aromatic rings. The molecule has 9 nitrogen and oxygen atoms in total. The summed E-state index contributed by atoms with van der Waals surface area (Å²) in [6, 6.07) is 24.5. The SMILES string of the molecule is Nc1c(Oc2cccc(OCc3ccccc3)c2)ncn(CC2(O)CCN(C(=O)[C@@H]3CCC(F)(F)C[C@H]3c3ccccc3)CC2(F)F)c1=O. The lowest BCUT2D eigenvalue weighted by Crippen LogP contribution is -2.64. The van der Waals surface area contributed by atoms with E-state index in [0.29, 0.717) is 17.9 Å². The first-order valence-corrected chi connectivity index (χ1v) is 16.0. The number of amides is 1. The lowest BCUT2D eigenvalue weighted by atomic mass is 9.73. The molecule has 1 saturated heterocycles. The molecule has 0 spiro atoms. The molecule has 0 bridgehead atoms. The topological polar surface area (TPSA) is 120 Å². The van der Waals surface area contributed by atoms with Crippen molar-refractivity contribution in [2.24, 2.45) is 5.92 Å². The molecule has 3 N–H and O–H groups in total. The molecule has 2 aliphatic rings. The van der Waals surface area contributed by atoms with Crippen molar-refractivity contribution in [2.75, 3.05) is 18.8 Å². The number of nitrogens with two attached hydrogens (primary N) is 1. The van der Waals surface area contributed by atoms with E-state index in [1.165, 1.54) is 0 Å². The molecule has 13 heteroatoms. The van der Waals surface area contributed by atoms with E-state index in [1.807, 2.05) is 30.3 Å². The number of aromatic nitrogens is 2. The highest BCUT2D eigenvalue weighted by Gasteiger charge is 2.58. The zero-order chi connectivity index (χ0) is 34.8. The number of nitrogens with zero attached hydrogens (tertiary/aromatic N) is 3. The third-order valence-corrected chi connectivity index (χ3v) is 9.28. The second kappa shape index (κ2) is 13.5. The van der Waals surface area contributed by atoms with E-state index in [2.05, 4.69) is 4.98 Å². The molecule has 1 aromatic heterocycles. The Hall–Kier alpha value is -4.91. The molecule has 258 valence electrons. The Bertz CT molecular complexity index is 1840. The van der Waals surface area contributed by atoms with Gasteiger partial charge in [0.15, 0.2) is 5.69 Å². The molecule has 1 amide bonds. The molecule has 2 fully saturated rings. The minimum Gasteiger partial charge on any atom is -0.489 e. The second-order valence-corrected chi connectivity index (χ2v) is 12.7. The van der Waals surface area contributed by atoms with Crippen LogP contribution in [-0.2, 0) is 17.9 Å². The van der Waals surface area contributed by atoms with E-state index in [0.717, 1.165) is 21.4 Å². The lowest BCUT2D eigenvalue weighted by molar-refractivity contribution is -0.223. The number of carbonyl (C=O) groups is 1. The van der Waals surface area contributed by atoms with E-state index < -0.39 is 78.8 Å². The number of rotatable bonds is 9. The van der Waals surface area contributed by atoms with E-state index >= 15 is 8.78 Å². The van der Waals surface area contributed by atoms with Crippen LogP contribution in [0.15, 0.2) is 96.1 Å². The van der Waals surface area contributed by atoms with Gasteiger partial charge in [-0.2, -0.15) is 0 Å². The van der Waals surface area contributed by atoms with Crippen LogP contribution in [0.3, 0.4) is 0 Å². The summed E-state index contributed by atoms with van der Waals surface area (Å²) in [7, 11) is 0. The smallest absolute Gasteiger partial charge is 0.295 e. The largest absolute Gasteiger partial charge is 0.489 e. The standard InChI is InChI=1S/C36H36F4N4O5/c37-35(38)15-14-28(29(19-35)25-10-5-2-6-11-25)32(45)43-17-16-34(47,36(39,40)22-43)21-44-23-42-31(30(41)33(44)46)49-27-13-7-12-26(18-27)48-20-24-8-3-1-4-9-24/h1-13,18,23,28-29,47H,14-17,19-22,41H2/t28-,29+,34?/m1/s1. The van der Waals surface area contributed by atoms with Gasteiger partial charge in [0.25, 0.3) is 11.5 Å².